The lowest BCUT2D eigenvalue weighted by molar-refractivity contribution is -0.134. The fraction of sp³-hybridized carbons (Fsp3) is 0.500. The molecule has 134 valence electrons. The second-order valence-electron chi connectivity index (χ2n) is 6.31. The molecule has 0 bridgehead atoms. The van der Waals surface area contributed by atoms with Gasteiger partial charge in [0.15, 0.2) is 0 Å². The highest BCUT2D eigenvalue weighted by molar-refractivity contribution is 7.09. The van der Waals surface area contributed by atoms with Crippen molar-refractivity contribution in [2.45, 2.75) is 52.2 Å². The number of nitrogens with zero attached hydrogens (tertiary/aromatic N) is 3. The van der Waals surface area contributed by atoms with Gasteiger partial charge in [-0.3, -0.25) is 9.59 Å². The van der Waals surface area contributed by atoms with Crippen molar-refractivity contribution in [3.8, 4) is 0 Å². The van der Waals surface area contributed by atoms with Gasteiger partial charge in [0, 0.05) is 30.6 Å². The average Bonchev–Trinajstić information content (AvgIpc) is 3.27. The van der Waals surface area contributed by atoms with E-state index in [0.717, 1.165) is 23.5 Å². The SMILES string of the molecule is CCCCC(=O)N1CCn2cc(C(=O)NCc3cccs3)nc2[C@H]1C. The molecule has 0 radical (unpaired) electrons. The molecule has 0 unspecified atom stereocenters. The van der Waals surface area contributed by atoms with Crippen LogP contribution < -0.4 is 5.32 Å². The van der Waals surface area contributed by atoms with Crippen LogP contribution in [0.1, 0.15) is 60.3 Å². The van der Waals surface area contributed by atoms with Crippen LogP contribution in [0.4, 0.5) is 0 Å². The molecule has 0 aliphatic carbocycles. The zero-order valence-corrected chi connectivity index (χ0v) is 15.5. The molecule has 3 rings (SSSR count). The first kappa shape index (κ1) is 17.7. The molecule has 0 spiro atoms. The quantitative estimate of drug-likeness (QED) is 0.861. The molecule has 1 atom stereocenters. The van der Waals surface area contributed by atoms with Crippen molar-refractivity contribution in [2.75, 3.05) is 6.54 Å². The van der Waals surface area contributed by atoms with E-state index in [1.54, 1.807) is 17.5 Å². The Bertz CT molecular complexity index is 738. The van der Waals surface area contributed by atoms with E-state index in [0.29, 0.717) is 31.7 Å². The van der Waals surface area contributed by atoms with Gasteiger partial charge < -0.3 is 14.8 Å². The number of carbonyl (C=O) groups is 2. The normalized spacial score (nSPS) is 16.6. The molecule has 1 aliphatic heterocycles. The van der Waals surface area contributed by atoms with Crippen molar-refractivity contribution >= 4 is 23.2 Å². The van der Waals surface area contributed by atoms with Crippen LogP contribution in [-0.2, 0) is 17.9 Å². The van der Waals surface area contributed by atoms with E-state index >= 15 is 0 Å². The predicted molar refractivity (Wildman–Crippen MR) is 97.4 cm³/mol. The molecule has 1 aliphatic rings. The minimum absolute atomic E-state index is 0.100. The first-order chi connectivity index (χ1) is 12.1. The van der Waals surface area contributed by atoms with Gasteiger partial charge in [-0.15, -0.1) is 11.3 Å². The fourth-order valence-electron chi connectivity index (χ4n) is 3.08. The van der Waals surface area contributed by atoms with E-state index in [1.807, 2.05) is 33.9 Å². The van der Waals surface area contributed by atoms with E-state index in [2.05, 4.69) is 17.2 Å². The van der Waals surface area contributed by atoms with E-state index < -0.39 is 0 Å². The van der Waals surface area contributed by atoms with E-state index in [4.69, 9.17) is 0 Å². The maximum Gasteiger partial charge on any atom is 0.271 e. The van der Waals surface area contributed by atoms with Gasteiger partial charge in [-0.2, -0.15) is 0 Å². The Morgan fingerprint density at radius 1 is 1.40 bits per heavy atom. The molecular weight excluding hydrogens is 336 g/mol. The van der Waals surface area contributed by atoms with Crippen LogP contribution in [0, 0.1) is 0 Å². The van der Waals surface area contributed by atoms with Crippen LogP contribution in [-0.4, -0.2) is 32.8 Å². The maximum absolute atomic E-state index is 12.4. The third-order valence-electron chi connectivity index (χ3n) is 4.53. The van der Waals surface area contributed by atoms with Gasteiger partial charge in [0.2, 0.25) is 5.91 Å². The number of unbranched alkanes of at least 4 members (excludes halogenated alkanes) is 1. The summed E-state index contributed by atoms with van der Waals surface area (Å²) in [7, 11) is 0. The second-order valence-corrected chi connectivity index (χ2v) is 7.34. The predicted octanol–water partition coefficient (Wildman–Crippen LogP) is 2.97. The molecule has 0 aromatic carbocycles. The van der Waals surface area contributed by atoms with E-state index in [1.165, 1.54) is 0 Å². The molecular formula is C18H24N4O2S. The lowest BCUT2D eigenvalue weighted by atomic mass is 10.1. The summed E-state index contributed by atoms with van der Waals surface area (Å²) < 4.78 is 1.99. The summed E-state index contributed by atoms with van der Waals surface area (Å²) in [5.74, 6) is 0.788. The van der Waals surface area contributed by atoms with Crippen LogP contribution in [0.25, 0.3) is 0 Å². The van der Waals surface area contributed by atoms with Gasteiger partial charge in [0.05, 0.1) is 12.6 Å². The number of imidazole rings is 1. The lowest BCUT2D eigenvalue weighted by Gasteiger charge is -2.33. The Balaban J connectivity index is 1.67. The maximum atomic E-state index is 12.4. The number of nitrogens with one attached hydrogen (secondary N) is 1. The standard InChI is InChI=1S/C18H24N4O2S/c1-3-4-7-16(23)22-9-8-21-12-15(20-17(21)13(22)2)18(24)19-11-14-6-5-10-25-14/h5-6,10,12-13H,3-4,7-9,11H2,1-2H3,(H,19,24)/t13-/m1/s1. The number of hydrogen-bond acceptors (Lipinski definition) is 4. The number of fused-ring (bicyclic) bond motifs is 1. The summed E-state index contributed by atoms with van der Waals surface area (Å²) in [6.45, 7) is 5.93. The lowest BCUT2D eigenvalue weighted by Crippen LogP contribution is -2.41. The van der Waals surface area contributed by atoms with Gasteiger partial charge in [0.25, 0.3) is 5.91 Å². The van der Waals surface area contributed by atoms with Crippen molar-refractivity contribution in [1.29, 1.82) is 0 Å². The molecule has 2 aromatic rings. The molecule has 0 saturated heterocycles. The van der Waals surface area contributed by atoms with Crippen LogP contribution in [0.2, 0.25) is 0 Å². The summed E-state index contributed by atoms with van der Waals surface area (Å²) in [5, 5.41) is 4.89. The van der Waals surface area contributed by atoms with Crippen LogP contribution in [0.5, 0.6) is 0 Å². The summed E-state index contributed by atoms with van der Waals surface area (Å²) in [4.78, 5) is 32.2. The van der Waals surface area contributed by atoms with Crippen LogP contribution in [0.15, 0.2) is 23.7 Å². The van der Waals surface area contributed by atoms with Gasteiger partial charge in [-0.25, -0.2) is 4.98 Å². The molecule has 3 heterocycles. The van der Waals surface area contributed by atoms with Gasteiger partial charge in [-0.05, 0) is 24.8 Å². The van der Waals surface area contributed by atoms with Gasteiger partial charge >= 0.3 is 0 Å². The summed E-state index contributed by atoms with van der Waals surface area (Å²) >= 11 is 1.61. The fourth-order valence-corrected chi connectivity index (χ4v) is 3.73. The number of carbonyl (C=O) groups excluding carboxylic acids is 2. The Hall–Kier alpha value is -2.15. The number of aromatic nitrogens is 2. The molecule has 2 aromatic heterocycles. The van der Waals surface area contributed by atoms with Gasteiger partial charge in [0.1, 0.15) is 11.5 Å². The van der Waals surface area contributed by atoms with Crippen LogP contribution >= 0.6 is 11.3 Å². The molecule has 25 heavy (non-hydrogen) atoms. The Kier molecular flexibility index (Phi) is 5.53. The van der Waals surface area contributed by atoms with Crippen molar-refractivity contribution in [3.63, 3.8) is 0 Å². The molecule has 1 N–H and O–H groups in total. The second kappa shape index (κ2) is 7.82. The number of amides is 2. The highest BCUT2D eigenvalue weighted by atomic mass is 32.1. The third-order valence-corrected chi connectivity index (χ3v) is 5.41. The number of rotatable bonds is 6. The molecule has 7 heteroatoms. The van der Waals surface area contributed by atoms with Gasteiger partial charge in [-0.1, -0.05) is 19.4 Å². The van der Waals surface area contributed by atoms with Crippen molar-refractivity contribution < 1.29 is 9.59 Å². The van der Waals surface area contributed by atoms with Crippen molar-refractivity contribution in [1.82, 2.24) is 19.8 Å². The largest absolute Gasteiger partial charge is 0.346 e. The Labute approximate surface area is 151 Å². The van der Waals surface area contributed by atoms with Crippen molar-refractivity contribution in [2.24, 2.45) is 0 Å². The van der Waals surface area contributed by atoms with E-state index in [-0.39, 0.29) is 17.9 Å². The number of hydrogen-bond donors (Lipinski definition) is 1. The van der Waals surface area contributed by atoms with E-state index in [9.17, 15) is 9.59 Å². The van der Waals surface area contributed by atoms with Crippen molar-refractivity contribution in [3.05, 3.63) is 40.1 Å². The molecule has 6 nitrogen and oxygen atoms in total. The topological polar surface area (TPSA) is 67.2 Å². The molecule has 0 saturated carbocycles. The highest BCUT2D eigenvalue weighted by Crippen LogP contribution is 2.25. The average molecular weight is 360 g/mol. The summed E-state index contributed by atoms with van der Waals surface area (Å²) in [6, 6.07) is 3.86. The zero-order valence-electron chi connectivity index (χ0n) is 14.7. The molecule has 0 fully saturated rings. The first-order valence-corrected chi connectivity index (χ1v) is 9.65. The summed E-state index contributed by atoms with van der Waals surface area (Å²) in [5.41, 5.74) is 0.418. The number of thiophene rings is 1. The summed E-state index contributed by atoms with van der Waals surface area (Å²) in [6.07, 6.45) is 4.29. The third kappa shape index (κ3) is 3.92. The monoisotopic (exact) mass is 360 g/mol. The Morgan fingerprint density at radius 2 is 2.24 bits per heavy atom. The van der Waals surface area contributed by atoms with Crippen LogP contribution in [0.3, 0.4) is 0 Å². The minimum atomic E-state index is -0.175. The minimum Gasteiger partial charge on any atom is -0.346 e. The first-order valence-electron chi connectivity index (χ1n) is 8.77. The highest BCUT2D eigenvalue weighted by Gasteiger charge is 2.30. The Morgan fingerprint density at radius 3 is 2.96 bits per heavy atom. The zero-order chi connectivity index (χ0) is 17.8. The smallest absolute Gasteiger partial charge is 0.271 e. The molecule has 2 amide bonds.